The van der Waals surface area contributed by atoms with Crippen LogP contribution < -0.4 is 15.5 Å². The van der Waals surface area contributed by atoms with Crippen LogP contribution >= 0.6 is 0 Å². The van der Waals surface area contributed by atoms with Crippen LogP contribution in [0.15, 0.2) is 41.0 Å². The van der Waals surface area contributed by atoms with Crippen molar-refractivity contribution in [1.29, 1.82) is 0 Å². The van der Waals surface area contributed by atoms with Gasteiger partial charge in [-0.3, -0.25) is 4.79 Å². The number of hydrogen-bond donors (Lipinski definition) is 2. The monoisotopic (exact) mass is 412 g/mol. The Morgan fingerprint density at radius 3 is 2.53 bits per heavy atom. The number of urea groups is 1. The van der Waals surface area contributed by atoms with Gasteiger partial charge in [0.05, 0.1) is 6.26 Å². The van der Waals surface area contributed by atoms with Crippen LogP contribution in [-0.4, -0.2) is 43.5 Å². The third kappa shape index (κ3) is 5.34. The van der Waals surface area contributed by atoms with Crippen molar-refractivity contribution >= 4 is 23.3 Å². The Bertz CT molecular complexity index is 842. The fraction of sp³-hybridized carbons (Fsp3) is 0.478. The topological polar surface area (TPSA) is 77.8 Å². The highest BCUT2D eigenvalue weighted by atomic mass is 16.3. The van der Waals surface area contributed by atoms with Gasteiger partial charge in [-0.05, 0) is 55.7 Å². The molecular formula is C23H32N4O3. The van der Waals surface area contributed by atoms with Crippen molar-refractivity contribution in [2.75, 3.05) is 30.9 Å². The number of amides is 3. The summed E-state index contributed by atoms with van der Waals surface area (Å²) in [6, 6.07) is 9.23. The van der Waals surface area contributed by atoms with E-state index in [-0.39, 0.29) is 18.0 Å². The lowest BCUT2D eigenvalue weighted by atomic mass is 9.93. The number of rotatable bonds is 7. The molecule has 1 aromatic carbocycles. The molecule has 3 rings (SSSR count). The fourth-order valence-corrected chi connectivity index (χ4v) is 4.05. The summed E-state index contributed by atoms with van der Waals surface area (Å²) >= 11 is 0. The zero-order valence-corrected chi connectivity index (χ0v) is 18.1. The zero-order valence-electron chi connectivity index (χ0n) is 18.1. The van der Waals surface area contributed by atoms with Gasteiger partial charge in [-0.15, -0.1) is 0 Å². The molecule has 7 heteroatoms. The Balaban J connectivity index is 1.91. The third-order valence-corrected chi connectivity index (χ3v) is 5.51. The van der Waals surface area contributed by atoms with Crippen molar-refractivity contribution in [3.63, 3.8) is 0 Å². The largest absolute Gasteiger partial charge is 0.459 e. The molecule has 0 saturated heterocycles. The first kappa shape index (κ1) is 21.7. The second kappa shape index (κ2) is 10.2. The van der Waals surface area contributed by atoms with Gasteiger partial charge in [0.1, 0.15) is 0 Å². The van der Waals surface area contributed by atoms with Gasteiger partial charge < -0.3 is 24.9 Å². The number of benzene rings is 1. The van der Waals surface area contributed by atoms with E-state index in [0.717, 1.165) is 36.9 Å². The number of hydrogen-bond acceptors (Lipinski definition) is 4. The van der Waals surface area contributed by atoms with Crippen LogP contribution in [0.4, 0.5) is 16.2 Å². The lowest BCUT2D eigenvalue weighted by Crippen LogP contribution is -2.41. The lowest BCUT2D eigenvalue weighted by Gasteiger charge is -2.35. The molecule has 1 saturated carbocycles. The highest BCUT2D eigenvalue weighted by Crippen LogP contribution is 2.30. The summed E-state index contributed by atoms with van der Waals surface area (Å²) in [5, 5.41) is 5.61. The van der Waals surface area contributed by atoms with E-state index >= 15 is 0 Å². The standard InChI is InChI=1S/C23H32N4O3/c1-4-24-23(29)25-18-12-13-20(26(2)3)17(15-18)16-27(19-9-6-5-7-10-19)22(28)21-11-8-14-30-21/h8,11-15,19H,4-7,9-10,16H2,1-3H3,(H2,24,25,29). The summed E-state index contributed by atoms with van der Waals surface area (Å²) in [6.45, 7) is 2.90. The molecule has 1 aliphatic carbocycles. The van der Waals surface area contributed by atoms with Gasteiger partial charge >= 0.3 is 6.03 Å². The molecule has 1 fully saturated rings. The molecule has 1 aromatic heterocycles. The molecule has 0 radical (unpaired) electrons. The second-order valence-corrected chi connectivity index (χ2v) is 7.92. The second-order valence-electron chi connectivity index (χ2n) is 7.92. The van der Waals surface area contributed by atoms with Crippen molar-refractivity contribution < 1.29 is 14.0 Å². The van der Waals surface area contributed by atoms with E-state index in [1.54, 1.807) is 12.1 Å². The molecule has 2 aromatic rings. The zero-order chi connectivity index (χ0) is 21.5. The average molecular weight is 413 g/mol. The quantitative estimate of drug-likeness (QED) is 0.704. The first-order valence-electron chi connectivity index (χ1n) is 10.7. The van der Waals surface area contributed by atoms with Gasteiger partial charge in [-0.1, -0.05) is 19.3 Å². The first-order valence-corrected chi connectivity index (χ1v) is 10.7. The number of nitrogens with one attached hydrogen (secondary N) is 2. The highest BCUT2D eigenvalue weighted by molar-refractivity contribution is 5.92. The Hall–Kier alpha value is -2.96. The molecule has 162 valence electrons. The molecular weight excluding hydrogens is 380 g/mol. The lowest BCUT2D eigenvalue weighted by molar-refractivity contribution is 0.0582. The van der Waals surface area contributed by atoms with E-state index in [9.17, 15) is 9.59 Å². The maximum atomic E-state index is 13.3. The van der Waals surface area contributed by atoms with Gasteiger partial charge in [0.15, 0.2) is 5.76 Å². The Labute approximate surface area is 178 Å². The maximum absolute atomic E-state index is 13.3. The number of carbonyl (C=O) groups excluding carboxylic acids is 2. The minimum absolute atomic E-state index is 0.0845. The van der Waals surface area contributed by atoms with E-state index in [1.165, 1.54) is 12.7 Å². The van der Waals surface area contributed by atoms with Gasteiger partial charge in [0.25, 0.3) is 5.91 Å². The summed E-state index contributed by atoms with van der Waals surface area (Å²) < 4.78 is 5.42. The normalized spacial score (nSPS) is 14.2. The Morgan fingerprint density at radius 2 is 1.90 bits per heavy atom. The summed E-state index contributed by atoms with van der Waals surface area (Å²) in [4.78, 5) is 29.2. The summed E-state index contributed by atoms with van der Waals surface area (Å²) in [6.07, 6.45) is 7.02. The van der Waals surface area contributed by atoms with E-state index in [4.69, 9.17) is 4.42 Å². The van der Waals surface area contributed by atoms with Crippen LogP contribution in [0.2, 0.25) is 0 Å². The molecule has 30 heavy (non-hydrogen) atoms. The molecule has 7 nitrogen and oxygen atoms in total. The molecule has 0 atom stereocenters. The summed E-state index contributed by atoms with van der Waals surface area (Å²) in [5.41, 5.74) is 2.71. The third-order valence-electron chi connectivity index (χ3n) is 5.51. The van der Waals surface area contributed by atoms with Gasteiger partial charge in [0, 0.05) is 44.6 Å². The molecule has 3 amide bonds. The fourth-order valence-electron chi connectivity index (χ4n) is 4.05. The predicted molar refractivity (Wildman–Crippen MR) is 119 cm³/mol. The molecule has 0 bridgehead atoms. The average Bonchev–Trinajstić information content (AvgIpc) is 3.27. The van der Waals surface area contributed by atoms with E-state index in [1.807, 2.05) is 49.0 Å². The van der Waals surface area contributed by atoms with Crippen LogP contribution in [-0.2, 0) is 6.54 Å². The molecule has 0 unspecified atom stereocenters. The van der Waals surface area contributed by atoms with Crippen LogP contribution in [0.1, 0.15) is 55.1 Å². The molecule has 2 N–H and O–H groups in total. The van der Waals surface area contributed by atoms with E-state index < -0.39 is 0 Å². The maximum Gasteiger partial charge on any atom is 0.319 e. The summed E-state index contributed by atoms with van der Waals surface area (Å²) in [5.74, 6) is 0.280. The van der Waals surface area contributed by atoms with Crippen molar-refractivity contribution in [2.45, 2.75) is 51.6 Å². The van der Waals surface area contributed by atoms with Crippen molar-refractivity contribution in [3.05, 3.63) is 47.9 Å². The molecule has 0 aliphatic heterocycles. The molecule has 1 aliphatic rings. The summed E-state index contributed by atoms with van der Waals surface area (Å²) in [7, 11) is 3.96. The van der Waals surface area contributed by atoms with Crippen molar-refractivity contribution in [1.82, 2.24) is 10.2 Å². The number of carbonyl (C=O) groups is 2. The van der Waals surface area contributed by atoms with Crippen molar-refractivity contribution in [2.24, 2.45) is 0 Å². The van der Waals surface area contributed by atoms with Crippen LogP contribution in [0.5, 0.6) is 0 Å². The minimum Gasteiger partial charge on any atom is -0.459 e. The van der Waals surface area contributed by atoms with Crippen LogP contribution in [0.25, 0.3) is 0 Å². The number of furan rings is 1. The minimum atomic E-state index is -0.239. The van der Waals surface area contributed by atoms with Gasteiger partial charge in [-0.2, -0.15) is 0 Å². The Morgan fingerprint density at radius 1 is 1.13 bits per heavy atom. The smallest absolute Gasteiger partial charge is 0.319 e. The van der Waals surface area contributed by atoms with Gasteiger partial charge in [-0.25, -0.2) is 4.79 Å². The highest BCUT2D eigenvalue weighted by Gasteiger charge is 2.28. The van der Waals surface area contributed by atoms with Crippen LogP contribution in [0, 0.1) is 0 Å². The number of anilines is 2. The molecule has 1 heterocycles. The molecule has 0 spiro atoms. The van der Waals surface area contributed by atoms with E-state index in [2.05, 4.69) is 10.6 Å². The first-order chi connectivity index (χ1) is 14.5. The SMILES string of the molecule is CCNC(=O)Nc1ccc(N(C)C)c(CN(C(=O)c2ccco2)C2CCCCC2)c1. The Kier molecular flexibility index (Phi) is 7.38. The van der Waals surface area contributed by atoms with Gasteiger partial charge in [0.2, 0.25) is 0 Å². The van der Waals surface area contributed by atoms with Crippen LogP contribution in [0.3, 0.4) is 0 Å². The predicted octanol–water partition coefficient (Wildman–Crippen LogP) is 4.46. The van der Waals surface area contributed by atoms with E-state index in [0.29, 0.717) is 24.5 Å². The van der Waals surface area contributed by atoms with Crippen molar-refractivity contribution in [3.8, 4) is 0 Å². The number of nitrogens with zero attached hydrogens (tertiary/aromatic N) is 2.